The van der Waals surface area contributed by atoms with Crippen LogP contribution >= 0.6 is 0 Å². The van der Waals surface area contributed by atoms with Gasteiger partial charge in [-0.25, -0.2) is 18.7 Å². The number of halogens is 2. The maximum Gasteiger partial charge on any atom is 0.228 e. The van der Waals surface area contributed by atoms with E-state index in [4.69, 9.17) is 9.97 Å². The molecule has 1 aliphatic rings. The molecule has 2 aromatic carbocycles. The van der Waals surface area contributed by atoms with Gasteiger partial charge in [0.2, 0.25) is 11.9 Å². The summed E-state index contributed by atoms with van der Waals surface area (Å²) in [6.07, 6.45) is 0.958. The molecule has 0 radical (unpaired) electrons. The highest BCUT2D eigenvalue weighted by molar-refractivity contribution is 5.94. The highest BCUT2D eigenvalue weighted by Gasteiger charge is 2.28. The van der Waals surface area contributed by atoms with Gasteiger partial charge in [0.15, 0.2) is 11.6 Å². The Bertz CT molecular complexity index is 1360. The van der Waals surface area contributed by atoms with Crippen molar-refractivity contribution in [1.29, 1.82) is 0 Å². The van der Waals surface area contributed by atoms with Gasteiger partial charge in [-0.1, -0.05) is 31.2 Å². The number of nitrogens with zero attached hydrogens (tertiary/aromatic N) is 6. The molecule has 2 aromatic heterocycles. The van der Waals surface area contributed by atoms with E-state index in [9.17, 15) is 8.78 Å². The van der Waals surface area contributed by atoms with E-state index in [1.54, 1.807) is 24.3 Å². The third kappa shape index (κ3) is 5.68. The van der Waals surface area contributed by atoms with E-state index in [1.165, 1.54) is 24.3 Å². The molecule has 0 aliphatic carbocycles. The first-order valence-electron chi connectivity index (χ1n) is 13.2. The third-order valence-corrected chi connectivity index (χ3v) is 6.87. The molecule has 1 fully saturated rings. The average molecular weight is 534 g/mol. The van der Waals surface area contributed by atoms with Crippen molar-refractivity contribution < 1.29 is 8.78 Å². The molecule has 3 heterocycles. The van der Waals surface area contributed by atoms with Crippen LogP contribution in [0.1, 0.15) is 30.5 Å². The minimum absolute atomic E-state index is 0.128. The Morgan fingerprint density at radius 2 is 1.28 bits per heavy atom. The van der Waals surface area contributed by atoms with Gasteiger partial charge < -0.3 is 20.9 Å². The minimum atomic E-state index is -0.284. The van der Waals surface area contributed by atoms with Crippen molar-refractivity contribution in [3.05, 3.63) is 71.3 Å². The van der Waals surface area contributed by atoms with Crippen molar-refractivity contribution in [2.75, 3.05) is 67.7 Å². The van der Waals surface area contributed by atoms with Crippen LogP contribution in [0.3, 0.4) is 0 Å². The lowest BCUT2D eigenvalue weighted by Gasteiger charge is -2.40. The summed E-state index contributed by atoms with van der Waals surface area (Å²) in [6, 6.07) is 12.9. The van der Waals surface area contributed by atoms with Crippen LogP contribution in [0, 0.1) is 11.6 Å². The largest absolute Gasteiger partial charge is 0.371 e. The van der Waals surface area contributed by atoms with Crippen molar-refractivity contribution in [1.82, 2.24) is 24.8 Å². The maximum absolute atomic E-state index is 13.7. The van der Waals surface area contributed by atoms with Crippen molar-refractivity contribution >= 4 is 34.6 Å². The first kappa shape index (κ1) is 26.5. The van der Waals surface area contributed by atoms with Gasteiger partial charge in [0.1, 0.15) is 22.7 Å². The molecule has 11 heteroatoms. The van der Waals surface area contributed by atoms with Gasteiger partial charge in [-0.3, -0.25) is 4.90 Å². The molecule has 0 atom stereocenters. The molecule has 5 rings (SSSR count). The Labute approximate surface area is 226 Å². The SMILES string of the molecule is CCCNc1nc(NC)c2nc(N3CCN(C(c4ccc(F)cc4)c4ccc(F)cc4)CC3)nc(NC)c2n1. The summed E-state index contributed by atoms with van der Waals surface area (Å²) in [4.78, 5) is 23.4. The van der Waals surface area contributed by atoms with Gasteiger partial charge in [0.05, 0.1) is 6.04 Å². The van der Waals surface area contributed by atoms with E-state index in [2.05, 4.69) is 42.6 Å². The monoisotopic (exact) mass is 533 g/mol. The molecule has 4 aromatic rings. The number of anilines is 4. The van der Waals surface area contributed by atoms with Gasteiger partial charge in [-0.2, -0.15) is 9.97 Å². The smallest absolute Gasteiger partial charge is 0.228 e. The van der Waals surface area contributed by atoms with Crippen LogP contribution in [0.4, 0.5) is 32.3 Å². The molecule has 9 nitrogen and oxygen atoms in total. The fourth-order valence-corrected chi connectivity index (χ4v) is 4.89. The van der Waals surface area contributed by atoms with Crippen molar-refractivity contribution in [2.45, 2.75) is 19.4 Å². The first-order valence-corrected chi connectivity index (χ1v) is 13.2. The van der Waals surface area contributed by atoms with Gasteiger partial charge >= 0.3 is 0 Å². The third-order valence-electron chi connectivity index (χ3n) is 6.87. The van der Waals surface area contributed by atoms with E-state index in [0.717, 1.165) is 24.1 Å². The lowest BCUT2D eigenvalue weighted by atomic mass is 9.96. The average Bonchev–Trinajstić information content (AvgIpc) is 2.97. The Balaban J connectivity index is 1.42. The van der Waals surface area contributed by atoms with Crippen LogP contribution in [-0.4, -0.2) is 71.7 Å². The lowest BCUT2D eigenvalue weighted by molar-refractivity contribution is 0.211. The Morgan fingerprint density at radius 3 is 1.82 bits per heavy atom. The van der Waals surface area contributed by atoms with E-state index < -0.39 is 0 Å². The number of piperazine rings is 1. The molecule has 0 amide bonds. The second kappa shape index (κ2) is 11.7. The van der Waals surface area contributed by atoms with Crippen LogP contribution in [0.5, 0.6) is 0 Å². The highest BCUT2D eigenvalue weighted by atomic mass is 19.1. The first-order chi connectivity index (χ1) is 19.0. The van der Waals surface area contributed by atoms with Crippen LogP contribution in [0.25, 0.3) is 11.0 Å². The molecule has 1 saturated heterocycles. The summed E-state index contributed by atoms with van der Waals surface area (Å²) < 4.78 is 27.4. The number of hydrogen-bond donors (Lipinski definition) is 3. The molecule has 204 valence electrons. The second-order valence-corrected chi connectivity index (χ2v) is 9.42. The van der Waals surface area contributed by atoms with E-state index in [0.29, 0.717) is 60.7 Å². The molecule has 0 spiro atoms. The summed E-state index contributed by atoms with van der Waals surface area (Å²) in [5.74, 6) is 1.82. The van der Waals surface area contributed by atoms with Crippen LogP contribution in [0.2, 0.25) is 0 Å². The van der Waals surface area contributed by atoms with E-state index in [-0.39, 0.29) is 17.7 Å². The second-order valence-electron chi connectivity index (χ2n) is 9.42. The van der Waals surface area contributed by atoms with Crippen LogP contribution in [-0.2, 0) is 0 Å². The summed E-state index contributed by atoms with van der Waals surface area (Å²) in [5, 5.41) is 9.55. The molecule has 39 heavy (non-hydrogen) atoms. The Kier molecular flexibility index (Phi) is 7.97. The lowest BCUT2D eigenvalue weighted by Crippen LogP contribution is -2.48. The van der Waals surface area contributed by atoms with Crippen LogP contribution < -0.4 is 20.9 Å². The Morgan fingerprint density at radius 1 is 0.744 bits per heavy atom. The molecule has 0 bridgehead atoms. The topological polar surface area (TPSA) is 94.1 Å². The number of hydrogen-bond acceptors (Lipinski definition) is 9. The zero-order chi connectivity index (χ0) is 27.4. The highest BCUT2D eigenvalue weighted by Crippen LogP contribution is 2.32. The number of fused-ring (bicyclic) bond motifs is 1. The minimum Gasteiger partial charge on any atom is -0.371 e. The standard InChI is InChI=1S/C28H33F2N9/c1-4-13-33-27-34-22-23(25(31-2)36-27)35-28(37-26(22)32-3)39-16-14-38(15-17-39)24(18-5-9-20(29)10-6-18)19-7-11-21(30)12-8-19/h5-12,24H,4,13-17H2,1-3H3,(H,32,35,37)(H2,31,33,34,36). The molecule has 1 aliphatic heterocycles. The van der Waals surface area contributed by atoms with E-state index in [1.807, 2.05) is 14.1 Å². The quantitative estimate of drug-likeness (QED) is 0.287. The number of nitrogens with one attached hydrogen (secondary N) is 3. The molecule has 0 unspecified atom stereocenters. The number of aromatic nitrogens is 4. The summed E-state index contributed by atoms with van der Waals surface area (Å²) in [6.45, 7) is 5.64. The van der Waals surface area contributed by atoms with Crippen LogP contribution in [0.15, 0.2) is 48.5 Å². The van der Waals surface area contributed by atoms with Gasteiger partial charge in [-0.15, -0.1) is 0 Å². The fraction of sp³-hybridized carbons (Fsp3) is 0.357. The number of benzene rings is 2. The predicted molar refractivity (Wildman–Crippen MR) is 151 cm³/mol. The van der Waals surface area contributed by atoms with Gasteiger partial charge in [0, 0.05) is 46.8 Å². The van der Waals surface area contributed by atoms with Gasteiger partial charge in [0.25, 0.3) is 0 Å². The van der Waals surface area contributed by atoms with Gasteiger partial charge in [-0.05, 0) is 41.8 Å². The van der Waals surface area contributed by atoms with Crippen molar-refractivity contribution in [3.8, 4) is 0 Å². The normalized spacial score (nSPS) is 14.2. The summed E-state index contributed by atoms with van der Waals surface area (Å²) in [5.41, 5.74) is 3.20. The zero-order valence-electron chi connectivity index (χ0n) is 22.4. The summed E-state index contributed by atoms with van der Waals surface area (Å²) >= 11 is 0. The van der Waals surface area contributed by atoms with Crippen molar-refractivity contribution in [3.63, 3.8) is 0 Å². The Hall–Kier alpha value is -4.12. The summed E-state index contributed by atoms with van der Waals surface area (Å²) in [7, 11) is 3.63. The molecular formula is C28H33F2N9. The zero-order valence-corrected chi connectivity index (χ0v) is 22.4. The van der Waals surface area contributed by atoms with Crippen molar-refractivity contribution in [2.24, 2.45) is 0 Å². The predicted octanol–water partition coefficient (Wildman–Crippen LogP) is 4.51. The molecular weight excluding hydrogens is 500 g/mol. The fourth-order valence-electron chi connectivity index (χ4n) is 4.89. The maximum atomic E-state index is 13.7. The number of rotatable bonds is 9. The molecule has 0 saturated carbocycles. The molecule has 3 N–H and O–H groups in total. The van der Waals surface area contributed by atoms with E-state index >= 15 is 0 Å².